The third-order valence-electron chi connectivity index (χ3n) is 5.81. The molecule has 1 aliphatic carbocycles. The minimum atomic E-state index is -0.604. The molecule has 4 aromatic rings. The lowest BCUT2D eigenvalue weighted by Gasteiger charge is -2.10. The van der Waals surface area contributed by atoms with Gasteiger partial charge in [0.25, 0.3) is 17.4 Å². The molecule has 2 amide bonds. The average Bonchev–Trinajstić information content (AvgIpc) is 3.61. The van der Waals surface area contributed by atoms with E-state index in [-0.39, 0.29) is 11.3 Å². The number of aromatic nitrogens is 4. The molecule has 168 valence electrons. The molecule has 0 radical (unpaired) electrons. The second kappa shape index (κ2) is 8.04. The Morgan fingerprint density at radius 2 is 1.79 bits per heavy atom. The minimum Gasteiger partial charge on any atom is -0.267 e. The standard InChI is InChI=1S/C23H22N6O3S/c1-4-29-23(32)15-8-6-5-7-14(15)17(28-29)20(30)26-27-21(31)18-11(2)16-12(3)24-19(13-9-10-13)25-22(16)33-18/h5-8,13H,4,9-10H2,1-3H3,(H,26,30)(H,27,31). The number of hydrazine groups is 1. The van der Waals surface area contributed by atoms with Crippen LogP contribution in [-0.4, -0.2) is 31.6 Å². The summed E-state index contributed by atoms with van der Waals surface area (Å²) >= 11 is 1.29. The van der Waals surface area contributed by atoms with Crippen LogP contribution < -0.4 is 16.4 Å². The van der Waals surface area contributed by atoms with E-state index in [1.165, 1.54) is 16.0 Å². The predicted molar refractivity (Wildman–Crippen MR) is 125 cm³/mol. The van der Waals surface area contributed by atoms with Crippen LogP contribution in [0, 0.1) is 13.8 Å². The fraction of sp³-hybridized carbons (Fsp3) is 0.304. The Morgan fingerprint density at radius 1 is 1.09 bits per heavy atom. The van der Waals surface area contributed by atoms with E-state index in [4.69, 9.17) is 0 Å². The van der Waals surface area contributed by atoms with Gasteiger partial charge < -0.3 is 0 Å². The van der Waals surface area contributed by atoms with Crippen LogP contribution in [0.3, 0.4) is 0 Å². The summed E-state index contributed by atoms with van der Waals surface area (Å²) in [5.74, 6) is 0.211. The molecule has 1 saturated carbocycles. The van der Waals surface area contributed by atoms with Crippen molar-refractivity contribution in [1.29, 1.82) is 0 Å². The molecule has 2 N–H and O–H groups in total. The number of fused-ring (bicyclic) bond motifs is 2. The smallest absolute Gasteiger partial charge is 0.267 e. The van der Waals surface area contributed by atoms with Crippen molar-refractivity contribution in [3.05, 3.63) is 62.3 Å². The van der Waals surface area contributed by atoms with E-state index in [0.29, 0.717) is 28.1 Å². The van der Waals surface area contributed by atoms with Gasteiger partial charge in [-0.05, 0) is 45.2 Å². The zero-order valence-corrected chi connectivity index (χ0v) is 19.2. The van der Waals surface area contributed by atoms with Gasteiger partial charge in [0.1, 0.15) is 10.7 Å². The molecule has 0 atom stereocenters. The van der Waals surface area contributed by atoms with Crippen molar-refractivity contribution in [3.8, 4) is 0 Å². The maximum atomic E-state index is 12.9. The molecule has 5 rings (SSSR count). The Bertz CT molecular complexity index is 1500. The Kier molecular flexibility index (Phi) is 5.16. The van der Waals surface area contributed by atoms with Crippen molar-refractivity contribution in [2.75, 3.05) is 0 Å². The second-order valence-electron chi connectivity index (χ2n) is 8.10. The van der Waals surface area contributed by atoms with Crippen LogP contribution in [0.4, 0.5) is 0 Å². The Hall–Kier alpha value is -3.66. The summed E-state index contributed by atoms with van der Waals surface area (Å²) in [5.41, 5.74) is 6.36. The van der Waals surface area contributed by atoms with Gasteiger partial charge in [0, 0.05) is 23.2 Å². The number of benzene rings is 1. The van der Waals surface area contributed by atoms with Crippen LogP contribution in [-0.2, 0) is 6.54 Å². The number of nitrogens with zero attached hydrogens (tertiary/aromatic N) is 4. The molecule has 0 unspecified atom stereocenters. The van der Waals surface area contributed by atoms with Crippen LogP contribution in [0.25, 0.3) is 21.0 Å². The van der Waals surface area contributed by atoms with Crippen molar-refractivity contribution < 1.29 is 9.59 Å². The second-order valence-corrected chi connectivity index (χ2v) is 9.10. The van der Waals surface area contributed by atoms with Gasteiger partial charge in [-0.1, -0.05) is 18.2 Å². The summed E-state index contributed by atoms with van der Waals surface area (Å²) in [6.45, 7) is 5.88. The van der Waals surface area contributed by atoms with Gasteiger partial charge in [-0.2, -0.15) is 5.10 Å². The van der Waals surface area contributed by atoms with Crippen molar-refractivity contribution in [3.63, 3.8) is 0 Å². The summed E-state index contributed by atoms with van der Waals surface area (Å²) in [5, 5.41) is 5.89. The number of hydrogen-bond donors (Lipinski definition) is 2. The van der Waals surface area contributed by atoms with E-state index in [0.717, 1.165) is 40.1 Å². The number of hydrogen-bond acceptors (Lipinski definition) is 7. The minimum absolute atomic E-state index is 0.0659. The number of rotatable bonds is 4. The van der Waals surface area contributed by atoms with E-state index in [2.05, 4.69) is 25.9 Å². The largest absolute Gasteiger partial charge is 0.290 e. The first-order valence-electron chi connectivity index (χ1n) is 10.8. The van der Waals surface area contributed by atoms with Crippen molar-refractivity contribution >= 4 is 44.1 Å². The van der Waals surface area contributed by atoms with Gasteiger partial charge in [-0.15, -0.1) is 11.3 Å². The van der Waals surface area contributed by atoms with E-state index in [1.54, 1.807) is 31.2 Å². The normalized spacial score (nSPS) is 13.4. The van der Waals surface area contributed by atoms with Gasteiger partial charge in [0.05, 0.1) is 16.0 Å². The highest BCUT2D eigenvalue weighted by atomic mass is 32.1. The SMILES string of the molecule is CCn1nc(C(=O)NNC(=O)c2sc3nc(C4CC4)nc(C)c3c2C)c2ccccc2c1=O. The topological polar surface area (TPSA) is 119 Å². The highest BCUT2D eigenvalue weighted by Gasteiger charge is 2.28. The van der Waals surface area contributed by atoms with Crippen molar-refractivity contribution in [2.45, 2.75) is 46.1 Å². The lowest BCUT2D eigenvalue weighted by Crippen LogP contribution is -2.42. The summed E-state index contributed by atoms with van der Waals surface area (Å²) in [6, 6.07) is 6.78. The average molecular weight is 463 g/mol. The summed E-state index contributed by atoms with van der Waals surface area (Å²) in [6.07, 6.45) is 2.20. The fourth-order valence-electron chi connectivity index (χ4n) is 3.95. The van der Waals surface area contributed by atoms with Crippen LogP contribution in [0.15, 0.2) is 29.1 Å². The molecule has 0 bridgehead atoms. The third kappa shape index (κ3) is 3.66. The highest BCUT2D eigenvalue weighted by molar-refractivity contribution is 7.20. The van der Waals surface area contributed by atoms with Crippen LogP contribution in [0.1, 0.15) is 62.9 Å². The van der Waals surface area contributed by atoms with Gasteiger partial charge in [0.2, 0.25) is 0 Å². The molecule has 33 heavy (non-hydrogen) atoms. The number of carbonyl (C=O) groups excluding carboxylic acids is 2. The summed E-state index contributed by atoms with van der Waals surface area (Å²) in [7, 11) is 0. The molecule has 1 aromatic carbocycles. The van der Waals surface area contributed by atoms with Crippen molar-refractivity contribution in [2.24, 2.45) is 0 Å². The molecule has 1 aliphatic rings. The van der Waals surface area contributed by atoms with Gasteiger partial charge in [0.15, 0.2) is 5.69 Å². The maximum Gasteiger partial charge on any atom is 0.290 e. The van der Waals surface area contributed by atoms with E-state index in [1.807, 2.05) is 13.8 Å². The Morgan fingerprint density at radius 3 is 2.48 bits per heavy atom. The number of aryl methyl sites for hydroxylation is 3. The Balaban J connectivity index is 1.42. The molecule has 1 fully saturated rings. The van der Waals surface area contributed by atoms with E-state index in [9.17, 15) is 14.4 Å². The lowest BCUT2D eigenvalue weighted by molar-refractivity contribution is 0.0845. The molecule has 10 heteroatoms. The van der Waals surface area contributed by atoms with Crippen LogP contribution >= 0.6 is 11.3 Å². The van der Waals surface area contributed by atoms with Gasteiger partial charge in [-0.3, -0.25) is 25.2 Å². The molecule has 0 saturated heterocycles. The highest BCUT2D eigenvalue weighted by Crippen LogP contribution is 2.40. The van der Waals surface area contributed by atoms with Crippen molar-refractivity contribution in [1.82, 2.24) is 30.6 Å². The number of carbonyl (C=O) groups is 2. The zero-order chi connectivity index (χ0) is 23.3. The molecule has 0 aliphatic heterocycles. The first-order chi connectivity index (χ1) is 15.9. The fourth-order valence-corrected chi connectivity index (χ4v) is 5.08. The molecule has 0 spiro atoms. The Labute approximate surface area is 192 Å². The molecular weight excluding hydrogens is 440 g/mol. The molecular formula is C23H22N6O3S. The van der Waals surface area contributed by atoms with E-state index >= 15 is 0 Å². The predicted octanol–water partition coefficient (Wildman–Crippen LogP) is 2.99. The van der Waals surface area contributed by atoms with Gasteiger partial charge in [-0.25, -0.2) is 14.6 Å². The number of nitrogens with one attached hydrogen (secondary N) is 2. The quantitative estimate of drug-likeness (QED) is 0.450. The summed E-state index contributed by atoms with van der Waals surface area (Å²) < 4.78 is 1.23. The van der Waals surface area contributed by atoms with Gasteiger partial charge >= 0.3 is 0 Å². The maximum absolute atomic E-state index is 12.9. The number of thiophene rings is 1. The number of amides is 2. The zero-order valence-electron chi connectivity index (χ0n) is 18.4. The molecule has 3 aromatic heterocycles. The van der Waals surface area contributed by atoms with Crippen LogP contribution in [0.2, 0.25) is 0 Å². The monoisotopic (exact) mass is 462 g/mol. The first-order valence-corrected chi connectivity index (χ1v) is 11.6. The lowest BCUT2D eigenvalue weighted by atomic mass is 10.1. The molecule has 3 heterocycles. The molecule has 9 nitrogen and oxygen atoms in total. The summed E-state index contributed by atoms with van der Waals surface area (Å²) in [4.78, 5) is 48.8. The van der Waals surface area contributed by atoms with Crippen LogP contribution in [0.5, 0.6) is 0 Å². The third-order valence-corrected chi connectivity index (χ3v) is 6.99. The first kappa shape index (κ1) is 21.2. The van der Waals surface area contributed by atoms with E-state index < -0.39 is 11.8 Å².